The van der Waals surface area contributed by atoms with Gasteiger partial charge in [-0.1, -0.05) is 0 Å². The van der Waals surface area contributed by atoms with E-state index in [0.717, 1.165) is 13.0 Å². The fourth-order valence-electron chi connectivity index (χ4n) is 2.71. The van der Waals surface area contributed by atoms with Gasteiger partial charge in [-0.3, -0.25) is 9.59 Å². The summed E-state index contributed by atoms with van der Waals surface area (Å²) in [6.07, 6.45) is 4.44. The number of carbonyl (C=O) groups excluding carboxylic acids is 2. The molecule has 2 heterocycles. The van der Waals surface area contributed by atoms with E-state index >= 15 is 0 Å². The third kappa shape index (κ3) is 1.86. The van der Waals surface area contributed by atoms with Crippen molar-refractivity contribution in [2.24, 2.45) is 5.92 Å². The summed E-state index contributed by atoms with van der Waals surface area (Å²) in [5, 5.41) is 0. The number of Topliss-reactive ketones (excluding diaryl/α,β-unsaturated/α-hetero) is 1. The standard InChI is InChI=1S/C12H17NO3/c14-10-6-12(16-7-10)3-4-13(8-12)11(15)5-9-1-2-9/h9H,1-8H2. The fraction of sp³-hybridized carbons (Fsp3) is 0.833. The van der Waals surface area contributed by atoms with Crippen LogP contribution < -0.4 is 0 Å². The van der Waals surface area contributed by atoms with Gasteiger partial charge in [-0.25, -0.2) is 0 Å². The van der Waals surface area contributed by atoms with Gasteiger partial charge in [0.25, 0.3) is 0 Å². The number of rotatable bonds is 2. The maximum Gasteiger partial charge on any atom is 0.222 e. The van der Waals surface area contributed by atoms with Gasteiger partial charge in [0, 0.05) is 19.4 Å². The van der Waals surface area contributed by atoms with Crippen LogP contribution in [0.5, 0.6) is 0 Å². The summed E-state index contributed by atoms with van der Waals surface area (Å²) in [6.45, 7) is 1.63. The summed E-state index contributed by atoms with van der Waals surface area (Å²) in [7, 11) is 0. The van der Waals surface area contributed by atoms with Crippen LogP contribution in [0.15, 0.2) is 0 Å². The Hall–Kier alpha value is -0.900. The molecule has 2 aliphatic heterocycles. The van der Waals surface area contributed by atoms with Gasteiger partial charge in [-0.15, -0.1) is 0 Å². The van der Waals surface area contributed by atoms with E-state index in [-0.39, 0.29) is 23.9 Å². The van der Waals surface area contributed by atoms with Crippen molar-refractivity contribution in [1.82, 2.24) is 4.90 Å². The molecule has 4 heteroatoms. The molecule has 0 bridgehead atoms. The van der Waals surface area contributed by atoms with Crippen molar-refractivity contribution in [3.63, 3.8) is 0 Å². The van der Waals surface area contributed by atoms with Crippen LogP contribution in [-0.4, -0.2) is 41.9 Å². The highest BCUT2D eigenvalue weighted by molar-refractivity contribution is 5.83. The third-order valence-corrected chi connectivity index (χ3v) is 3.89. The Morgan fingerprint density at radius 3 is 2.94 bits per heavy atom. The van der Waals surface area contributed by atoms with Crippen LogP contribution >= 0.6 is 0 Å². The highest BCUT2D eigenvalue weighted by Crippen LogP contribution is 2.36. The van der Waals surface area contributed by atoms with Crippen LogP contribution in [0.1, 0.15) is 32.1 Å². The Kier molecular flexibility index (Phi) is 2.28. The van der Waals surface area contributed by atoms with Gasteiger partial charge in [0.2, 0.25) is 5.91 Å². The molecule has 1 amide bonds. The second-order valence-electron chi connectivity index (χ2n) is 5.40. The molecule has 3 aliphatic rings. The molecule has 1 unspecified atom stereocenters. The van der Waals surface area contributed by atoms with Crippen LogP contribution in [0.4, 0.5) is 0 Å². The lowest BCUT2D eigenvalue weighted by Crippen LogP contribution is -2.35. The Bertz CT molecular complexity index is 337. The predicted molar refractivity (Wildman–Crippen MR) is 56.8 cm³/mol. The summed E-state index contributed by atoms with van der Waals surface area (Å²) < 4.78 is 5.57. The minimum atomic E-state index is -0.323. The number of carbonyl (C=O) groups is 2. The van der Waals surface area contributed by atoms with Crippen LogP contribution in [0, 0.1) is 5.92 Å². The van der Waals surface area contributed by atoms with Crippen LogP contribution in [0.2, 0.25) is 0 Å². The topological polar surface area (TPSA) is 46.6 Å². The van der Waals surface area contributed by atoms with Crippen molar-refractivity contribution in [2.45, 2.75) is 37.7 Å². The van der Waals surface area contributed by atoms with Crippen molar-refractivity contribution in [3.8, 4) is 0 Å². The molecular weight excluding hydrogens is 206 g/mol. The third-order valence-electron chi connectivity index (χ3n) is 3.89. The van der Waals surface area contributed by atoms with E-state index in [9.17, 15) is 9.59 Å². The minimum Gasteiger partial charge on any atom is -0.365 e. The molecule has 88 valence electrons. The molecule has 3 fully saturated rings. The van der Waals surface area contributed by atoms with Crippen molar-refractivity contribution in [3.05, 3.63) is 0 Å². The molecule has 0 aromatic heterocycles. The van der Waals surface area contributed by atoms with E-state index in [4.69, 9.17) is 4.74 Å². The van der Waals surface area contributed by atoms with Crippen LogP contribution in [-0.2, 0) is 14.3 Å². The number of amides is 1. The molecule has 4 nitrogen and oxygen atoms in total. The van der Waals surface area contributed by atoms with Gasteiger partial charge in [-0.05, 0) is 25.2 Å². The summed E-state index contributed by atoms with van der Waals surface area (Å²) in [5.74, 6) is 1.06. The Labute approximate surface area is 94.9 Å². The lowest BCUT2D eigenvalue weighted by atomic mass is 9.99. The van der Waals surface area contributed by atoms with Gasteiger partial charge in [0.1, 0.15) is 6.61 Å². The van der Waals surface area contributed by atoms with Crippen LogP contribution in [0.3, 0.4) is 0 Å². The number of ether oxygens (including phenoxy) is 1. The first-order valence-electron chi connectivity index (χ1n) is 6.10. The van der Waals surface area contributed by atoms with Gasteiger partial charge < -0.3 is 9.64 Å². The van der Waals surface area contributed by atoms with Crippen molar-refractivity contribution >= 4 is 11.7 Å². The Morgan fingerprint density at radius 2 is 2.31 bits per heavy atom. The number of nitrogens with zero attached hydrogens (tertiary/aromatic N) is 1. The lowest BCUT2D eigenvalue weighted by molar-refractivity contribution is -0.131. The quantitative estimate of drug-likeness (QED) is 0.694. The molecule has 3 rings (SSSR count). The number of hydrogen-bond donors (Lipinski definition) is 0. The normalized spacial score (nSPS) is 34.0. The summed E-state index contributed by atoms with van der Waals surface area (Å²) in [4.78, 5) is 25.0. The van der Waals surface area contributed by atoms with E-state index in [1.165, 1.54) is 12.8 Å². The van der Waals surface area contributed by atoms with Crippen LogP contribution in [0.25, 0.3) is 0 Å². The van der Waals surface area contributed by atoms with E-state index < -0.39 is 0 Å². The van der Waals surface area contributed by atoms with Gasteiger partial charge >= 0.3 is 0 Å². The highest BCUT2D eigenvalue weighted by atomic mass is 16.5. The molecule has 0 aromatic carbocycles. The number of likely N-dealkylation sites (tertiary alicyclic amines) is 1. The molecular formula is C12H17NO3. The summed E-state index contributed by atoms with van der Waals surface area (Å²) in [5.41, 5.74) is -0.323. The maximum atomic E-state index is 11.9. The summed E-state index contributed by atoms with van der Waals surface area (Å²) >= 11 is 0. The van der Waals surface area contributed by atoms with Crippen molar-refractivity contribution in [2.75, 3.05) is 19.7 Å². The average Bonchev–Trinajstić information content (AvgIpc) is 2.85. The SMILES string of the molecule is O=C1COC2(CCN(C(=O)CC3CC3)C2)C1. The molecule has 0 N–H and O–H groups in total. The van der Waals surface area contributed by atoms with E-state index in [1.54, 1.807) is 0 Å². The Balaban J connectivity index is 1.59. The Morgan fingerprint density at radius 1 is 1.50 bits per heavy atom. The molecule has 1 atom stereocenters. The molecule has 1 saturated carbocycles. The number of ketones is 1. The molecule has 1 spiro atoms. The van der Waals surface area contributed by atoms with E-state index in [2.05, 4.69) is 0 Å². The van der Waals surface area contributed by atoms with Crippen molar-refractivity contribution in [1.29, 1.82) is 0 Å². The van der Waals surface area contributed by atoms with Crippen molar-refractivity contribution < 1.29 is 14.3 Å². The second kappa shape index (κ2) is 3.55. The summed E-state index contributed by atoms with van der Waals surface area (Å²) in [6, 6.07) is 0. The van der Waals surface area contributed by atoms with Gasteiger partial charge in [-0.2, -0.15) is 0 Å². The van der Waals surface area contributed by atoms with Gasteiger partial charge in [0.15, 0.2) is 5.78 Å². The van der Waals surface area contributed by atoms with Gasteiger partial charge in [0.05, 0.1) is 12.1 Å². The molecule has 1 aliphatic carbocycles. The molecule has 0 radical (unpaired) electrons. The average molecular weight is 223 g/mol. The lowest BCUT2D eigenvalue weighted by Gasteiger charge is -2.22. The molecule has 16 heavy (non-hydrogen) atoms. The van der Waals surface area contributed by atoms with E-state index in [1.807, 2.05) is 4.90 Å². The minimum absolute atomic E-state index is 0.177. The second-order valence-corrected chi connectivity index (χ2v) is 5.40. The first-order valence-corrected chi connectivity index (χ1v) is 6.10. The number of hydrogen-bond acceptors (Lipinski definition) is 3. The predicted octanol–water partition coefficient (Wildman–Crippen LogP) is 0.747. The van der Waals surface area contributed by atoms with E-state index in [0.29, 0.717) is 25.3 Å². The highest BCUT2D eigenvalue weighted by Gasteiger charge is 2.46. The largest absolute Gasteiger partial charge is 0.365 e. The zero-order chi connectivity index (χ0) is 11.2. The zero-order valence-corrected chi connectivity index (χ0v) is 9.41. The molecule has 0 aromatic rings. The monoisotopic (exact) mass is 223 g/mol. The maximum absolute atomic E-state index is 11.9. The molecule has 2 saturated heterocycles. The first kappa shape index (κ1) is 10.3. The fourth-order valence-corrected chi connectivity index (χ4v) is 2.71. The first-order chi connectivity index (χ1) is 7.67. The smallest absolute Gasteiger partial charge is 0.222 e. The zero-order valence-electron chi connectivity index (χ0n) is 9.41.